The second-order valence-corrected chi connectivity index (χ2v) is 8.75. The molecule has 0 spiro atoms. The third-order valence-electron chi connectivity index (χ3n) is 6.25. The van der Waals surface area contributed by atoms with Crippen LogP contribution in [0.5, 0.6) is 0 Å². The molecule has 6 heteroatoms. The van der Waals surface area contributed by atoms with Gasteiger partial charge in [0.1, 0.15) is 0 Å². The van der Waals surface area contributed by atoms with E-state index in [1.165, 1.54) is 11.1 Å². The number of aryl methyl sites for hydroxylation is 5. The molecule has 2 aliphatic rings. The van der Waals surface area contributed by atoms with Crippen LogP contribution >= 0.6 is 0 Å². The summed E-state index contributed by atoms with van der Waals surface area (Å²) in [6.07, 6.45) is 3.46. The highest BCUT2D eigenvalue weighted by Gasteiger charge is 2.35. The molecule has 1 heterocycles. The van der Waals surface area contributed by atoms with Gasteiger partial charge in [-0.3, -0.25) is 14.4 Å². The van der Waals surface area contributed by atoms with Crippen LogP contribution in [0.4, 0.5) is 11.4 Å². The number of hydrogen-bond acceptors (Lipinski definition) is 3. The molecule has 1 unspecified atom stereocenters. The average molecular weight is 420 g/mol. The zero-order valence-electron chi connectivity index (χ0n) is 18.4. The van der Waals surface area contributed by atoms with Gasteiger partial charge in [-0.2, -0.15) is 0 Å². The Morgan fingerprint density at radius 1 is 1.03 bits per heavy atom. The summed E-state index contributed by atoms with van der Waals surface area (Å²) in [6.45, 7) is 6.15. The first-order valence-electron chi connectivity index (χ1n) is 10.9. The van der Waals surface area contributed by atoms with E-state index >= 15 is 0 Å². The molecule has 4 rings (SSSR count). The van der Waals surface area contributed by atoms with Crippen molar-refractivity contribution in [3.05, 3.63) is 58.1 Å². The third kappa shape index (κ3) is 4.48. The van der Waals surface area contributed by atoms with Gasteiger partial charge in [-0.15, -0.1) is 0 Å². The number of nitrogens with one attached hydrogen (secondary N) is 2. The van der Waals surface area contributed by atoms with E-state index in [1.807, 2.05) is 39.0 Å². The lowest BCUT2D eigenvalue weighted by molar-refractivity contribution is -0.127. The maximum absolute atomic E-state index is 12.6. The highest BCUT2D eigenvalue weighted by atomic mass is 16.2. The molecule has 3 amide bonds. The summed E-state index contributed by atoms with van der Waals surface area (Å²) >= 11 is 0. The summed E-state index contributed by atoms with van der Waals surface area (Å²) in [5.74, 6) is -1.03. The van der Waals surface area contributed by atoms with Gasteiger partial charge < -0.3 is 15.5 Å². The minimum Gasteiger partial charge on any atom is -0.347 e. The summed E-state index contributed by atoms with van der Waals surface area (Å²) in [7, 11) is 0. The van der Waals surface area contributed by atoms with E-state index < -0.39 is 5.92 Å². The van der Waals surface area contributed by atoms with Crippen molar-refractivity contribution in [1.29, 1.82) is 0 Å². The van der Waals surface area contributed by atoms with E-state index in [4.69, 9.17) is 0 Å². The first kappa shape index (κ1) is 21.1. The molecule has 0 radical (unpaired) electrons. The van der Waals surface area contributed by atoms with Gasteiger partial charge in [-0.05, 0) is 74.4 Å². The Hall–Kier alpha value is -3.15. The summed E-state index contributed by atoms with van der Waals surface area (Å²) in [5.41, 5.74) is 7.42. The summed E-state index contributed by atoms with van der Waals surface area (Å²) in [5, 5.41) is 5.59. The molecule has 2 aromatic carbocycles. The first-order valence-corrected chi connectivity index (χ1v) is 10.9. The van der Waals surface area contributed by atoms with Gasteiger partial charge in [0, 0.05) is 24.3 Å². The van der Waals surface area contributed by atoms with Crippen LogP contribution in [-0.2, 0) is 27.2 Å². The van der Waals surface area contributed by atoms with E-state index in [1.54, 1.807) is 4.90 Å². The predicted octanol–water partition coefficient (Wildman–Crippen LogP) is 3.21. The monoisotopic (exact) mass is 419 g/mol. The molecule has 0 aromatic heterocycles. The summed E-state index contributed by atoms with van der Waals surface area (Å²) in [4.78, 5) is 39.2. The molecule has 1 atom stereocenters. The lowest BCUT2D eigenvalue weighted by Gasteiger charge is -2.18. The highest BCUT2D eigenvalue weighted by molar-refractivity contribution is 6.01. The maximum atomic E-state index is 12.6. The lowest BCUT2D eigenvalue weighted by Crippen LogP contribution is -2.38. The quantitative estimate of drug-likeness (QED) is 0.781. The zero-order valence-corrected chi connectivity index (χ0v) is 18.4. The van der Waals surface area contributed by atoms with Crippen molar-refractivity contribution in [3.63, 3.8) is 0 Å². The van der Waals surface area contributed by atoms with Gasteiger partial charge in [-0.25, -0.2) is 0 Å². The molecule has 1 aliphatic carbocycles. The standard InChI is InChI=1S/C25H29N3O3/c1-15-9-16(2)24(17(3)10-15)27-22(29)13-26-25(31)20-12-23(30)28(14-20)21-8-7-18-5-4-6-19(18)11-21/h7-11,20H,4-6,12-14H2,1-3H3,(H,26,31)(H,27,29). The molecule has 0 saturated carbocycles. The average Bonchev–Trinajstić information content (AvgIpc) is 3.34. The minimum atomic E-state index is -0.448. The van der Waals surface area contributed by atoms with Crippen molar-refractivity contribution in [3.8, 4) is 0 Å². The molecule has 1 saturated heterocycles. The van der Waals surface area contributed by atoms with E-state index in [0.29, 0.717) is 6.54 Å². The predicted molar refractivity (Wildman–Crippen MR) is 121 cm³/mol. The number of amides is 3. The van der Waals surface area contributed by atoms with Crippen LogP contribution in [0, 0.1) is 26.7 Å². The Morgan fingerprint density at radius 2 is 1.74 bits per heavy atom. The van der Waals surface area contributed by atoms with Gasteiger partial charge in [0.05, 0.1) is 12.5 Å². The lowest BCUT2D eigenvalue weighted by atomic mass is 10.1. The Balaban J connectivity index is 1.33. The first-order chi connectivity index (χ1) is 14.8. The number of carbonyl (C=O) groups excluding carboxylic acids is 3. The molecule has 6 nitrogen and oxygen atoms in total. The van der Waals surface area contributed by atoms with E-state index in [9.17, 15) is 14.4 Å². The molecule has 1 fully saturated rings. The molecule has 1 aliphatic heterocycles. The fraction of sp³-hybridized carbons (Fsp3) is 0.400. The van der Waals surface area contributed by atoms with Gasteiger partial charge in [0.15, 0.2) is 0 Å². The Morgan fingerprint density at radius 3 is 2.48 bits per heavy atom. The number of rotatable bonds is 5. The van der Waals surface area contributed by atoms with E-state index in [-0.39, 0.29) is 30.7 Å². The molecule has 2 N–H and O–H groups in total. The normalized spacial score (nSPS) is 17.6. The van der Waals surface area contributed by atoms with Gasteiger partial charge in [0.2, 0.25) is 17.7 Å². The summed E-state index contributed by atoms with van der Waals surface area (Å²) in [6, 6.07) is 10.2. The molecular weight excluding hydrogens is 390 g/mol. The fourth-order valence-electron chi connectivity index (χ4n) is 4.73. The highest BCUT2D eigenvalue weighted by Crippen LogP contribution is 2.30. The van der Waals surface area contributed by atoms with E-state index in [0.717, 1.165) is 47.3 Å². The van der Waals surface area contributed by atoms with Gasteiger partial charge in [0.25, 0.3) is 0 Å². The minimum absolute atomic E-state index is 0.0477. The zero-order chi connectivity index (χ0) is 22.1. The van der Waals surface area contributed by atoms with Crippen molar-refractivity contribution in [2.45, 2.75) is 46.5 Å². The Bertz CT molecular complexity index is 1040. The molecule has 162 valence electrons. The van der Waals surface area contributed by atoms with Crippen LogP contribution in [-0.4, -0.2) is 30.8 Å². The Kier molecular flexibility index (Phi) is 5.81. The molecule has 31 heavy (non-hydrogen) atoms. The smallest absolute Gasteiger partial charge is 0.243 e. The van der Waals surface area contributed by atoms with Crippen LogP contribution in [0.1, 0.15) is 40.7 Å². The fourth-order valence-corrected chi connectivity index (χ4v) is 4.73. The molecule has 2 aromatic rings. The van der Waals surface area contributed by atoms with Crippen LogP contribution in [0.2, 0.25) is 0 Å². The van der Waals surface area contributed by atoms with Crippen molar-refractivity contribution in [1.82, 2.24) is 5.32 Å². The number of nitrogens with zero attached hydrogens (tertiary/aromatic N) is 1. The van der Waals surface area contributed by atoms with Gasteiger partial charge >= 0.3 is 0 Å². The summed E-state index contributed by atoms with van der Waals surface area (Å²) < 4.78 is 0. The Labute approximate surface area is 183 Å². The topological polar surface area (TPSA) is 78.5 Å². The van der Waals surface area contributed by atoms with E-state index in [2.05, 4.69) is 22.8 Å². The van der Waals surface area contributed by atoms with Crippen molar-refractivity contribution in [2.24, 2.45) is 5.92 Å². The number of fused-ring (bicyclic) bond motifs is 1. The van der Waals surface area contributed by atoms with Gasteiger partial charge in [-0.1, -0.05) is 23.8 Å². The van der Waals surface area contributed by atoms with Crippen molar-refractivity contribution >= 4 is 29.1 Å². The second-order valence-electron chi connectivity index (χ2n) is 8.75. The number of benzene rings is 2. The number of carbonyl (C=O) groups is 3. The second kappa shape index (κ2) is 8.53. The maximum Gasteiger partial charge on any atom is 0.243 e. The number of hydrogen-bond donors (Lipinski definition) is 2. The third-order valence-corrected chi connectivity index (χ3v) is 6.25. The molecule has 0 bridgehead atoms. The van der Waals surface area contributed by atoms with Crippen molar-refractivity contribution < 1.29 is 14.4 Å². The molecular formula is C25H29N3O3. The van der Waals surface area contributed by atoms with Crippen LogP contribution in [0.3, 0.4) is 0 Å². The van der Waals surface area contributed by atoms with Crippen molar-refractivity contribution in [2.75, 3.05) is 23.3 Å². The van der Waals surface area contributed by atoms with Crippen LogP contribution < -0.4 is 15.5 Å². The SMILES string of the molecule is Cc1cc(C)c(NC(=O)CNC(=O)C2CC(=O)N(c3ccc4c(c3)CCC4)C2)c(C)c1. The van der Waals surface area contributed by atoms with Crippen LogP contribution in [0.15, 0.2) is 30.3 Å². The number of anilines is 2. The largest absolute Gasteiger partial charge is 0.347 e. The van der Waals surface area contributed by atoms with Crippen LogP contribution in [0.25, 0.3) is 0 Å².